The Labute approximate surface area is 145 Å². The van der Waals surface area contributed by atoms with Gasteiger partial charge in [-0.3, -0.25) is 9.48 Å². The highest BCUT2D eigenvalue weighted by Gasteiger charge is 2.62. The summed E-state index contributed by atoms with van der Waals surface area (Å²) in [6.45, 7) is 10.8. The topological polar surface area (TPSA) is 26.9 Å². The van der Waals surface area contributed by atoms with Gasteiger partial charge in [0.2, 0.25) is 0 Å². The fraction of sp³-hybridized carbons (Fsp3) is 0.450. The van der Waals surface area contributed by atoms with Gasteiger partial charge >= 0.3 is 0 Å². The molecule has 2 aromatic rings. The molecular weight excluding hydrogens is 322 g/mol. The Morgan fingerprint density at radius 1 is 1.32 bits per heavy atom. The number of hydrogen-bond donors (Lipinski definition) is 0. The number of allylic oxidation sites excluding steroid dienone is 1. The van der Waals surface area contributed by atoms with Gasteiger partial charge in [-0.25, -0.2) is 13.5 Å². The van der Waals surface area contributed by atoms with Gasteiger partial charge in [-0.1, -0.05) is 26.8 Å². The van der Waals surface area contributed by atoms with Crippen molar-refractivity contribution in [3.63, 3.8) is 0 Å². The normalized spacial score (nSPS) is 26.0. The van der Waals surface area contributed by atoms with Crippen LogP contribution in [0.1, 0.15) is 50.8 Å². The van der Waals surface area contributed by atoms with Crippen LogP contribution in [0.15, 0.2) is 35.6 Å². The van der Waals surface area contributed by atoms with E-state index < -0.39 is 11.6 Å². The van der Waals surface area contributed by atoms with E-state index in [-0.39, 0.29) is 28.0 Å². The molecule has 1 aromatic heterocycles. The molecule has 1 aromatic carbocycles. The minimum atomic E-state index is -0.736. The molecule has 0 N–H and O–H groups in total. The van der Waals surface area contributed by atoms with Crippen molar-refractivity contribution in [2.75, 3.05) is 0 Å². The third-order valence-corrected chi connectivity index (χ3v) is 6.71. The van der Waals surface area contributed by atoms with Crippen molar-refractivity contribution in [1.29, 1.82) is 0 Å². The molecular formula is C20H22F2N2O. The smallest absolute Gasteiger partial charge is 0.275 e. The standard InChI is InChI=1S/C20H22F2N2O/c1-5-10-23-17-16(13-8-9-20(17,4)19(13,2)3)18(25)24(23)15-7-6-12(21)11-14(15)22/h5-7,11,13H,1,8-10H2,2-4H3/t13-,20+/m1/s1. The summed E-state index contributed by atoms with van der Waals surface area (Å²) in [5.74, 6) is -1.22. The van der Waals surface area contributed by atoms with Crippen molar-refractivity contribution in [2.45, 2.75) is 51.5 Å². The second-order valence-corrected chi connectivity index (χ2v) is 7.99. The molecule has 0 radical (unpaired) electrons. The molecule has 0 spiro atoms. The van der Waals surface area contributed by atoms with Crippen LogP contribution in [0, 0.1) is 17.0 Å². The van der Waals surface area contributed by atoms with Gasteiger partial charge in [0.1, 0.15) is 11.5 Å². The highest BCUT2D eigenvalue weighted by atomic mass is 19.1. The third kappa shape index (κ3) is 1.81. The average molecular weight is 344 g/mol. The summed E-state index contributed by atoms with van der Waals surface area (Å²) in [6.07, 6.45) is 3.68. The molecule has 25 heavy (non-hydrogen) atoms. The summed E-state index contributed by atoms with van der Waals surface area (Å²) in [5.41, 5.74) is 1.52. The quantitative estimate of drug-likeness (QED) is 0.764. The van der Waals surface area contributed by atoms with Crippen molar-refractivity contribution in [2.24, 2.45) is 5.41 Å². The summed E-state index contributed by atoms with van der Waals surface area (Å²) < 4.78 is 30.9. The van der Waals surface area contributed by atoms with Gasteiger partial charge < -0.3 is 0 Å². The van der Waals surface area contributed by atoms with E-state index in [1.54, 1.807) is 6.08 Å². The van der Waals surface area contributed by atoms with Crippen LogP contribution in [-0.4, -0.2) is 9.36 Å². The maximum atomic E-state index is 14.4. The molecule has 2 atom stereocenters. The van der Waals surface area contributed by atoms with Crippen LogP contribution in [0.2, 0.25) is 0 Å². The van der Waals surface area contributed by atoms with Gasteiger partial charge in [-0.05, 0) is 36.3 Å². The Morgan fingerprint density at radius 2 is 2.04 bits per heavy atom. The second kappa shape index (κ2) is 4.93. The summed E-state index contributed by atoms with van der Waals surface area (Å²) in [6, 6.07) is 3.33. The van der Waals surface area contributed by atoms with Crippen LogP contribution in [0.3, 0.4) is 0 Å². The highest BCUT2D eigenvalue weighted by molar-refractivity contribution is 5.47. The summed E-state index contributed by atoms with van der Waals surface area (Å²) >= 11 is 0. The van der Waals surface area contributed by atoms with E-state index in [9.17, 15) is 13.6 Å². The number of fused-ring (bicyclic) bond motifs is 5. The van der Waals surface area contributed by atoms with E-state index in [0.29, 0.717) is 6.54 Å². The Hall–Kier alpha value is -2.17. The number of aromatic nitrogens is 2. The number of benzene rings is 1. The minimum Gasteiger partial charge on any atom is -0.277 e. The lowest BCUT2D eigenvalue weighted by Crippen LogP contribution is -2.36. The molecule has 0 unspecified atom stereocenters. The first-order valence-electron chi connectivity index (χ1n) is 8.66. The molecule has 4 rings (SSSR count). The molecule has 2 aliphatic carbocycles. The monoisotopic (exact) mass is 344 g/mol. The van der Waals surface area contributed by atoms with Gasteiger partial charge in [0, 0.05) is 17.0 Å². The number of halogens is 2. The van der Waals surface area contributed by atoms with Crippen LogP contribution in [0.5, 0.6) is 0 Å². The molecule has 2 aliphatic rings. The lowest BCUT2D eigenvalue weighted by atomic mass is 9.70. The van der Waals surface area contributed by atoms with Gasteiger partial charge in [0.15, 0.2) is 5.82 Å². The number of rotatable bonds is 3. The maximum Gasteiger partial charge on any atom is 0.275 e. The van der Waals surface area contributed by atoms with Crippen LogP contribution >= 0.6 is 0 Å². The molecule has 1 heterocycles. The average Bonchev–Trinajstić information content (AvgIpc) is 3.01. The second-order valence-electron chi connectivity index (χ2n) is 7.99. The zero-order valence-corrected chi connectivity index (χ0v) is 14.8. The molecule has 0 amide bonds. The van der Waals surface area contributed by atoms with Gasteiger partial charge in [0.05, 0.1) is 12.2 Å². The predicted molar refractivity (Wildman–Crippen MR) is 93.3 cm³/mol. The minimum absolute atomic E-state index is 0.0137. The van der Waals surface area contributed by atoms with E-state index in [0.717, 1.165) is 30.2 Å². The summed E-state index contributed by atoms with van der Waals surface area (Å²) in [5, 5.41) is 0. The molecule has 5 heteroatoms. The number of hydrogen-bond acceptors (Lipinski definition) is 1. The maximum absolute atomic E-state index is 14.4. The first-order valence-corrected chi connectivity index (χ1v) is 8.66. The first kappa shape index (κ1) is 16.3. The lowest BCUT2D eigenvalue weighted by Gasteiger charge is -2.36. The van der Waals surface area contributed by atoms with Crippen molar-refractivity contribution >= 4 is 0 Å². The largest absolute Gasteiger partial charge is 0.277 e. The van der Waals surface area contributed by atoms with E-state index in [1.807, 2.05) is 4.68 Å². The van der Waals surface area contributed by atoms with Gasteiger partial charge in [0.25, 0.3) is 5.56 Å². The van der Waals surface area contributed by atoms with Crippen molar-refractivity contribution < 1.29 is 8.78 Å². The van der Waals surface area contributed by atoms with E-state index >= 15 is 0 Å². The van der Waals surface area contributed by atoms with Crippen molar-refractivity contribution in [3.8, 4) is 5.69 Å². The summed E-state index contributed by atoms with van der Waals surface area (Å²) in [7, 11) is 0. The van der Waals surface area contributed by atoms with Crippen LogP contribution in [0.4, 0.5) is 8.78 Å². The lowest BCUT2D eigenvalue weighted by molar-refractivity contribution is 0.216. The van der Waals surface area contributed by atoms with E-state index in [2.05, 4.69) is 27.4 Å². The molecule has 132 valence electrons. The zero-order chi connectivity index (χ0) is 18.1. The van der Waals surface area contributed by atoms with Crippen LogP contribution < -0.4 is 5.56 Å². The fourth-order valence-corrected chi connectivity index (χ4v) is 5.08. The van der Waals surface area contributed by atoms with Gasteiger partial charge in [-0.2, -0.15) is 0 Å². The molecule has 1 fully saturated rings. The zero-order valence-electron chi connectivity index (χ0n) is 14.8. The predicted octanol–water partition coefficient (Wildman–Crippen LogP) is 4.28. The summed E-state index contributed by atoms with van der Waals surface area (Å²) in [4.78, 5) is 13.3. The fourth-order valence-electron chi connectivity index (χ4n) is 5.08. The van der Waals surface area contributed by atoms with Gasteiger partial charge in [-0.15, -0.1) is 6.58 Å². The van der Waals surface area contributed by atoms with E-state index in [1.165, 1.54) is 16.8 Å². The first-order chi connectivity index (χ1) is 11.7. The number of nitrogens with zero attached hydrogens (tertiary/aromatic N) is 2. The molecule has 2 bridgehead atoms. The van der Waals surface area contributed by atoms with Crippen molar-refractivity contribution in [3.05, 3.63) is 64.1 Å². The van der Waals surface area contributed by atoms with E-state index in [4.69, 9.17) is 0 Å². The molecule has 0 saturated heterocycles. The van der Waals surface area contributed by atoms with Crippen LogP contribution in [0.25, 0.3) is 5.69 Å². The van der Waals surface area contributed by atoms with Crippen LogP contribution in [-0.2, 0) is 12.0 Å². The Morgan fingerprint density at radius 3 is 2.68 bits per heavy atom. The molecule has 0 aliphatic heterocycles. The Bertz CT molecular complexity index is 953. The SMILES string of the molecule is C=CCn1c2c(c(=O)n1-c1ccc(F)cc1F)[C@H]1CC[C@]2(C)C1(C)C. The molecule has 3 nitrogen and oxygen atoms in total. The third-order valence-electron chi connectivity index (χ3n) is 6.71. The Balaban J connectivity index is 2.06. The van der Waals surface area contributed by atoms with Crippen molar-refractivity contribution in [1.82, 2.24) is 9.36 Å². The highest BCUT2D eigenvalue weighted by Crippen LogP contribution is 2.67. The molecule has 1 saturated carbocycles. The Kier molecular flexibility index (Phi) is 3.22.